The van der Waals surface area contributed by atoms with Gasteiger partial charge in [-0.1, -0.05) is 5.16 Å². The second kappa shape index (κ2) is 5.43. The Balaban J connectivity index is 2.13. The van der Waals surface area contributed by atoms with Gasteiger partial charge < -0.3 is 14.5 Å². The average Bonchev–Trinajstić information content (AvgIpc) is 2.75. The van der Waals surface area contributed by atoms with E-state index in [1.165, 1.54) is 0 Å². The Labute approximate surface area is 108 Å². The molecule has 0 radical (unpaired) electrons. The van der Waals surface area contributed by atoms with Crippen molar-refractivity contribution in [3.63, 3.8) is 0 Å². The maximum absolute atomic E-state index is 12.2. The molecule has 18 heavy (non-hydrogen) atoms. The lowest BCUT2D eigenvalue weighted by Gasteiger charge is -2.33. The van der Waals surface area contributed by atoms with Gasteiger partial charge in [-0.3, -0.25) is 9.59 Å². The molecule has 0 bridgehead atoms. The molecule has 0 aliphatic carbocycles. The van der Waals surface area contributed by atoms with Crippen LogP contribution in [-0.4, -0.2) is 51.1 Å². The van der Waals surface area contributed by atoms with Crippen molar-refractivity contribution in [2.75, 3.05) is 18.1 Å². The number of carboxylic acids is 1. The maximum atomic E-state index is 12.2. The Morgan fingerprint density at radius 2 is 2.44 bits per heavy atom. The number of amides is 1. The fourth-order valence-corrected chi connectivity index (χ4v) is 2.96. The van der Waals surface area contributed by atoms with Crippen LogP contribution in [-0.2, 0) is 4.79 Å². The third-order valence-corrected chi connectivity index (χ3v) is 3.83. The fourth-order valence-electron chi connectivity index (χ4n) is 1.90. The quantitative estimate of drug-likeness (QED) is 0.882. The Morgan fingerprint density at radius 1 is 1.67 bits per heavy atom. The minimum absolute atomic E-state index is 0.0359. The summed E-state index contributed by atoms with van der Waals surface area (Å²) < 4.78 is 4.94. The number of nitrogens with zero attached hydrogens (tertiary/aromatic N) is 2. The summed E-state index contributed by atoms with van der Waals surface area (Å²) in [5, 5.41) is 12.5. The highest BCUT2D eigenvalue weighted by molar-refractivity contribution is 7.99. The Kier molecular flexibility index (Phi) is 3.90. The van der Waals surface area contributed by atoms with Gasteiger partial charge >= 0.3 is 5.97 Å². The predicted molar refractivity (Wildman–Crippen MR) is 65.6 cm³/mol. The van der Waals surface area contributed by atoms with E-state index in [2.05, 4.69) is 5.16 Å². The first-order valence-corrected chi connectivity index (χ1v) is 6.77. The molecule has 1 aromatic heterocycles. The van der Waals surface area contributed by atoms with Gasteiger partial charge in [0.2, 0.25) is 5.76 Å². The summed E-state index contributed by atoms with van der Waals surface area (Å²) in [6, 6.07) is 1.29. The van der Waals surface area contributed by atoms with Crippen molar-refractivity contribution in [1.29, 1.82) is 0 Å². The van der Waals surface area contributed by atoms with E-state index < -0.39 is 5.97 Å². The van der Waals surface area contributed by atoms with Gasteiger partial charge in [0.1, 0.15) is 0 Å². The van der Waals surface area contributed by atoms with Crippen molar-refractivity contribution in [3.8, 4) is 0 Å². The van der Waals surface area contributed by atoms with E-state index in [-0.39, 0.29) is 24.1 Å². The number of rotatable bonds is 3. The number of aryl methyl sites for hydroxylation is 1. The van der Waals surface area contributed by atoms with Crippen LogP contribution in [0.15, 0.2) is 10.6 Å². The summed E-state index contributed by atoms with van der Waals surface area (Å²) in [5.74, 6) is 0.464. The molecule has 0 saturated carbocycles. The summed E-state index contributed by atoms with van der Waals surface area (Å²) in [6.45, 7) is 2.28. The Hall–Kier alpha value is -1.50. The summed E-state index contributed by atoms with van der Waals surface area (Å²) in [5.41, 5.74) is 0.638. The first-order chi connectivity index (χ1) is 8.58. The van der Waals surface area contributed by atoms with Crippen molar-refractivity contribution >= 4 is 23.6 Å². The van der Waals surface area contributed by atoms with E-state index in [1.54, 1.807) is 29.7 Å². The number of aliphatic carboxylic acids is 1. The van der Waals surface area contributed by atoms with Gasteiger partial charge in [0.15, 0.2) is 0 Å². The molecule has 1 amide bonds. The van der Waals surface area contributed by atoms with Gasteiger partial charge in [-0.15, -0.1) is 0 Å². The Morgan fingerprint density at radius 3 is 3.06 bits per heavy atom. The zero-order valence-corrected chi connectivity index (χ0v) is 10.8. The largest absolute Gasteiger partial charge is 0.481 e. The van der Waals surface area contributed by atoms with Gasteiger partial charge in [-0.2, -0.15) is 11.8 Å². The maximum Gasteiger partial charge on any atom is 0.305 e. The minimum Gasteiger partial charge on any atom is -0.481 e. The highest BCUT2D eigenvalue weighted by Gasteiger charge is 2.31. The van der Waals surface area contributed by atoms with Crippen LogP contribution in [0.4, 0.5) is 0 Å². The SMILES string of the molecule is Cc1cc(C(=O)N2CCSCC2CC(=O)O)on1. The van der Waals surface area contributed by atoms with Crippen molar-refractivity contribution in [3.05, 3.63) is 17.5 Å². The first kappa shape index (κ1) is 12.9. The van der Waals surface area contributed by atoms with Gasteiger partial charge in [-0.05, 0) is 6.92 Å². The molecule has 7 heteroatoms. The molecule has 0 aromatic carbocycles. The fraction of sp³-hybridized carbons (Fsp3) is 0.545. The topological polar surface area (TPSA) is 83.6 Å². The van der Waals surface area contributed by atoms with E-state index in [0.29, 0.717) is 18.0 Å². The molecule has 2 heterocycles. The Bertz CT molecular complexity index is 460. The summed E-state index contributed by atoms with van der Waals surface area (Å²) in [7, 11) is 0. The zero-order valence-electron chi connectivity index (χ0n) is 9.96. The first-order valence-electron chi connectivity index (χ1n) is 5.61. The summed E-state index contributed by atoms with van der Waals surface area (Å²) in [4.78, 5) is 24.6. The average molecular weight is 270 g/mol. The number of aromatic nitrogens is 1. The van der Waals surface area contributed by atoms with Crippen molar-refractivity contribution in [1.82, 2.24) is 10.1 Å². The van der Waals surface area contributed by atoms with E-state index in [1.807, 2.05) is 0 Å². The van der Waals surface area contributed by atoms with Gasteiger partial charge in [0.05, 0.1) is 18.2 Å². The smallest absolute Gasteiger partial charge is 0.305 e. The number of thioether (sulfide) groups is 1. The molecule has 1 aromatic rings. The summed E-state index contributed by atoms with van der Waals surface area (Å²) >= 11 is 1.66. The molecular weight excluding hydrogens is 256 g/mol. The van der Waals surface area contributed by atoms with Gasteiger partial charge in [-0.25, -0.2) is 0 Å². The number of carbonyl (C=O) groups is 2. The van der Waals surface area contributed by atoms with E-state index in [4.69, 9.17) is 9.63 Å². The lowest BCUT2D eigenvalue weighted by molar-refractivity contribution is -0.138. The highest BCUT2D eigenvalue weighted by atomic mass is 32.2. The van der Waals surface area contributed by atoms with Crippen LogP contribution in [0, 0.1) is 6.92 Å². The van der Waals surface area contributed by atoms with Crippen molar-refractivity contribution < 1.29 is 19.2 Å². The molecule has 1 aliphatic heterocycles. The number of carboxylic acid groups (broad SMARTS) is 1. The van der Waals surface area contributed by atoms with Crippen LogP contribution in [0.2, 0.25) is 0 Å². The lowest BCUT2D eigenvalue weighted by atomic mass is 10.2. The van der Waals surface area contributed by atoms with Gasteiger partial charge in [0.25, 0.3) is 5.91 Å². The standard InChI is InChI=1S/C11H14N2O4S/c1-7-4-9(17-12-7)11(16)13-2-3-18-6-8(13)5-10(14)15/h4,8H,2-3,5-6H2,1H3,(H,14,15). The van der Waals surface area contributed by atoms with Crippen LogP contribution in [0.1, 0.15) is 22.7 Å². The third kappa shape index (κ3) is 2.84. The molecule has 6 nitrogen and oxygen atoms in total. The molecule has 1 aliphatic rings. The third-order valence-electron chi connectivity index (χ3n) is 2.74. The van der Waals surface area contributed by atoms with Crippen molar-refractivity contribution in [2.45, 2.75) is 19.4 Å². The van der Waals surface area contributed by atoms with E-state index >= 15 is 0 Å². The monoisotopic (exact) mass is 270 g/mol. The molecular formula is C11H14N2O4S. The highest BCUT2D eigenvalue weighted by Crippen LogP contribution is 2.21. The molecule has 1 atom stereocenters. The number of carbonyl (C=O) groups excluding carboxylic acids is 1. The van der Waals surface area contributed by atoms with Crippen LogP contribution < -0.4 is 0 Å². The van der Waals surface area contributed by atoms with Crippen molar-refractivity contribution in [2.24, 2.45) is 0 Å². The molecule has 2 rings (SSSR count). The minimum atomic E-state index is -0.894. The zero-order chi connectivity index (χ0) is 13.1. The lowest BCUT2D eigenvalue weighted by Crippen LogP contribution is -2.47. The molecule has 1 unspecified atom stereocenters. The second-order valence-corrected chi connectivity index (χ2v) is 5.31. The predicted octanol–water partition coefficient (Wildman–Crippen LogP) is 1.02. The van der Waals surface area contributed by atoms with Crippen LogP contribution in [0.5, 0.6) is 0 Å². The van der Waals surface area contributed by atoms with E-state index in [9.17, 15) is 9.59 Å². The van der Waals surface area contributed by atoms with Gasteiger partial charge in [0, 0.05) is 24.1 Å². The van der Waals surface area contributed by atoms with Crippen LogP contribution >= 0.6 is 11.8 Å². The van der Waals surface area contributed by atoms with E-state index in [0.717, 1.165) is 5.75 Å². The van der Waals surface area contributed by atoms with Crippen LogP contribution in [0.25, 0.3) is 0 Å². The molecule has 1 saturated heterocycles. The number of hydrogen-bond acceptors (Lipinski definition) is 5. The summed E-state index contributed by atoms with van der Waals surface area (Å²) in [6.07, 6.45) is -0.0359. The normalized spacial score (nSPS) is 19.8. The molecule has 98 valence electrons. The molecule has 1 fully saturated rings. The van der Waals surface area contributed by atoms with Crippen LogP contribution in [0.3, 0.4) is 0 Å². The molecule has 0 spiro atoms. The second-order valence-electron chi connectivity index (χ2n) is 4.16. The molecule has 1 N–H and O–H groups in total. The number of hydrogen-bond donors (Lipinski definition) is 1.